The fourth-order valence-electron chi connectivity index (χ4n) is 2.11. The minimum Gasteiger partial charge on any atom is -0.273 e. The van der Waals surface area contributed by atoms with Gasteiger partial charge in [-0.3, -0.25) is 4.99 Å². The van der Waals surface area contributed by atoms with Gasteiger partial charge >= 0.3 is 0 Å². The van der Waals surface area contributed by atoms with Gasteiger partial charge in [0.05, 0.1) is 16.3 Å². The van der Waals surface area contributed by atoms with E-state index in [2.05, 4.69) is 4.99 Å². The maximum atomic E-state index is 13.2. The summed E-state index contributed by atoms with van der Waals surface area (Å²) in [6.07, 6.45) is 0. The minimum absolute atomic E-state index is 0.00230. The first-order valence-corrected chi connectivity index (χ1v) is 8.48. The van der Waals surface area contributed by atoms with Gasteiger partial charge in [-0.15, -0.1) is 0 Å². The van der Waals surface area contributed by atoms with Gasteiger partial charge in [0.2, 0.25) is 9.84 Å². The molecule has 3 rings (SSSR count). The molecule has 0 atom stereocenters. The molecule has 0 aliphatic carbocycles. The number of benzene rings is 2. The van der Waals surface area contributed by atoms with E-state index in [-0.39, 0.29) is 4.90 Å². The molecule has 0 amide bonds. The Morgan fingerprint density at radius 3 is 2.33 bits per heavy atom. The molecule has 7 heteroatoms. The molecule has 108 valence electrons. The molecule has 21 heavy (non-hydrogen) atoms. The lowest BCUT2D eigenvalue weighted by Crippen LogP contribution is -2.05. The summed E-state index contributed by atoms with van der Waals surface area (Å²) in [6, 6.07) is 6.85. The Morgan fingerprint density at radius 1 is 1.00 bits per heavy atom. The van der Waals surface area contributed by atoms with E-state index < -0.39 is 26.4 Å². The van der Waals surface area contributed by atoms with Gasteiger partial charge in [-0.25, -0.2) is 17.2 Å². The largest absolute Gasteiger partial charge is 0.273 e. The lowest BCUT2D eigenvalue weighted by Gasteiger charge is -2.07. The Bertz CT molecular complexity index is 858. The highest BCUT2D eigenvalue weighted by Gasteiger charge is 2.23. The molecule has 0 aromatic heterocycles. The van der Waals surface area contributed by atoms with E-state index in [1.54, 1.807) is 6.07 Å². The highest BCUT2D eigenvalue weighted by molar-refractivity contribution is 14.1. The van der Waals surface area contributed by atoms with E-state index in [0.29, 0.717) is 12.6 Å². The number of rotatable bonds is 2. The summed E-state index contributed by atoms with van der Waals surface area (Å²) in [7, 11) is -3.97. The van der Waals surface area contributed by atoms with Gasteiger partial charge < -0.3 is 0 Å². The molecule has 0 spiro atoms. The maximum Gasteiger partial charge on any atom is 0.206 e. The highest BCUT2D eigenvalue weighted by atomic mass is 127. The van der Waals surface area contributed by atoms with Gasteiger partial charge in [0.25, 0.3) is 0 Å². The summed E-state index contributed by atoms with van der Waals surface area (Å²) in [5.74, 6) is -1.85. The predicted molar refractivity (Wildman–Crippen MR) is 82.5 cm³/mol. The molecule has 0 saturated heterocycles. The van der Waals surface area contributed by atoms with Crippen molar-refractivity contribution in [1.29, 1.82) is 0 Å². The van der Waals surface area contributed by atoms with Crippen LogP contribution in [-0.4, -0.2) is 12.1 Å². The van der Waals surface area contributed by atoms with Gasteiger partial charge in [0.1, 0.15) is 15.4 Å². The standard InChI is InChI=1S/C14H8F2INO2S/c15-9-3-10(16)5-12(4-9)21(19,20)11-2-1-8-7-18-14(17)13(8)6-11/h1-6H,7H2. The molecule has 0 bridgehead atoms. The van der Waals surface area contributed by atoms with Crippen LogP contribution in [-0.2, 0) is 16.4 Å². The Morgan fingerprint density at radius 2 is 1.67 bits per heavy atom. The molecule has 0 saturated carbocycles. The van der Waals surface area contributed by atoms with Crippen molar-refractivity contribution in [3.8, 4) is 0 Å². The molecule has 0 fully saturated rings. The van der Waals surface area contributed by atoms with Crippen molar-refractivity contribution in [1.82, 2.24) is 0 Å². The van der Waals surface area contributed by atoms with Crippen LogP contribution in [0.25, 0.3) is 0 Å². The second-order valence-electron chi connectivity index (χ2n) is 4.53. The third-order valence-corrected chi connectivity index (χ3v) is 5.80. The summed E-state index contributed by atoms with van der Waals surface area (Å²) >= 11 is 2.03. The van der Waals surface area contributed by atoms with Crippen LogP contribution < -0.4 is 0 Å². The fourth-order valence-corrected chi connectivity index (χ4v) is 4.11. The van der Waals surface area contributed by atoms with Crippen LogP contribution in [0.2, 0.25) is 0 Å². The number of nitrogens with zero attached hydrogens (tertiary/aromatic N) is 1. The van der Waals surface area contributed by atoms with Crippen LogP contribution in [0.3, 0.4) is 0 Å². The normalized spacial score (nSPS) is 14.0. The van der Waals surface area contributed by atoms with Gasteiger partial charge in [0, 0.05) is 11.6 Å². The van der Waals surface area contributed by atoms with Crippen molar-refractivity contribution < 1.29 is 17.2 Å². The first-order chi connectivity index (χ1) is 9.88. The molecule has 3 nitrogen and oxygen atoms in total. The van der Waals surface area contributed by atoms with E-state index in [1.165, 1.54) is 12.1 Å². The zero-order valence-electron chi connectivity index (χ0n) is 10.5. The average molecular weight is 419 g/mol. The third kappa shape index (κ3) is 2.59. The number of hydrogen-bond acceptors (Lipinski definition) is 3. The van der Waals surface area contributed by atoms with Crippen LogP contribution >= 0.6 is 22.6 Å². The zero-order chi connectivity index (χ0) is 15.2. The molecule has 0 radical (unpaired) electrons. The number of hydrogen-bond donors (Lipinski definition) is 0. The van der Waals surface area contributed by atoms with Crippen molar-refractivity contribution in [2.75, 3.05) is 0 Å². The van der Waals surface area contributed by atoms with E-state index >= 15 is 0 Å². The second kappa shape index (κ2) is 5.13. The maximum absolute atomic E-state index is 13.2. The van der Waals surface area contributed by atoms with Crippen molar-refractivity contribution in [3.63, 3.8) is 0 Å². The van der Waals surface area contributed by atoms with Crippen LogP contribution in [0.15, 0.2) is 51.2 Å². The molecule has 1 aliphatic rings. The smallest absolute Gasteiger partial charge is 0.206 e. The van der Waals surface area contributed by atoms with E-state index in [9.17, 15) is 17.2 Å². The summed E-state index contributed by atoms with van der Waals surface area (Å²) in [5.41, 5.74) is 1.68. The minimum atomic E-state index is -3.97. The molecule has 2 aromatic carbocycles. The van der Waals surface area contributed by atoms with Crippen molar-refractivity contribution in [3.05, 3.63) is 59.2 Å². The van der Waals surface area contributed by atoms with Crippen LogP contribution in [0.4, 0.5) is 8.78 Å². The summed E-state index contributed by atoms with van der Waals surface area (Å²) in [5, 5.41) is 0. The molecule has 1 aliphatic heterocycles. The molecule has 0 unspecified atom stereocenters. The van der Waals surface area contributed by atoms with Crippen molar-refractivity contribution in [2.24, 2.45) is 4.99 Å². The molecular formula is C14H8F2INO2S. The fraction of sp³-hybridized carbons (Fsp3) is 0.0714. The lowest BCUT2D eigenvalue weighted by atomic mass is 10.1. The first kappa shape index (κ1) is 14.6. The molecule has 2 aromatic rings. The SMILES string of the molecule is O=S(=O)(c1cc(F)cc(F)c1)c1ccc2c(c1)C(I)=NC2. The molecular weight excluding hydrogens is 411 g/mol. The quantitative estimate of drug-likeness (QED) is 0.700. The Kier molecular flexibility index (Phi) is 3.56. The number of sulfone groups is 1. The third-order valence-electron chi connectivity index (χ3n) is 3.15. The van der Waals surface area contributed by atoms with Gasteiger partial charge in [-0.05, 0) is 52.4 Å². The molecule has 0 N–H and O–H groups in total. The summed E-state index contributed by atoms with van der Waals surface area (Å²) in [4.78, 5) is 3.82. The summed E-state index contributed by atoms with van der Waals surface area (Å²) in [6.45, 7) is 0.516. The monoisotopic (exact) mass is 419 g/mol. The highest BCUT2D eigenvalue weighted by Crippen LogP contribution is 2.28. The van der Waals surface area contributed by atoms with E-state index in [4.69, 9.17) is 0 Å². The first-order valence-electron chi connectivity index (χ1n) is 5.92. The van der Waals surface area contributed by atoms with Crippen molar-refractivity contribution in [2.45, 2.75) is 16.3 Å². The van der Waals surface area contributed by atoms with Gasteiger partial charge in [-0.2, -0.15) is 0 Å². The van der Waals surface area contributed by atoms with E-state index in [1.807, 2.05) is 22.6 Å². The topological polar surface area (TPSA) is 46.5 Å². The number of fused-ring (bicyclic) bond motifs is 1. The van der Waals surface area contributed by atoms with Crippen molar-refractivity contribution >= 4 is 36.1 Å². The Labute approximate surface area is 133 Å². The zero-order valence-corrected chi connectivity index (χ0v) is 13.5. The lowest BCUT2D eigenvalue weighted by molar-refractivity contribution is 0.567. The van der Waals surface area contributed by atoms with Crippen LogP contribution in [0, 0.1) is 11.6 Å². The van der Waals surface area contributed by atoms with Gasteiger partial charge in [-0.1, -0.05) is 6.07 Å². The van der Waals surface area contributed by atoms with Crippen LogP contribution in [0.5, 0.6) is 0 Å². The average Bonchev–Trinajstić information content (AvgIpc) is 2.79. The Hall–Kier alpha value is -1.35. The molecule has 1 heterocycles. The summed E-state index contributed by atoms with van der Waals surface area (Å²) < 4.78 is 52.1. The van der Waals surface area contributed by atoms with E-state index in [0.717, 1.165) is 27.0 Å². The second-order valence-corrected chi connectivity index (χ2v) is 7.51. The predicted octanol–water partition coefficient (Wildman–Crippen LogP) is 3.49. The number of halogens is 3. The Balaban J connectivity index is 2.15. The van der Waals surface area contributed by atoms with Gasteiger partial charge in [0.15, 0.2) is 0 Å². The number of aliphatic imine (C=N–C) groups is 1. The van der Waals surface area contributed by atoms with Crippen LogP contribution in [0.1, 0.15) is 11.1 Å².